The minimum atomic E-state index is -4.93. The Hall–Kier alpha value is -4.09. The fourth-order valence-electron chi connectivity index (χ4n) is 2.84. The predicted octanol–water partition coefficient (Wildman–Crippen LogP) is 2.46. The molecule has 0 atom stereocenters. The third kappa shape index (κ3) is 6.19. The molecule has 2 aromatic carbocycles. The Morgan fingerprint density at radius 3 is 1.41 bits per heavy atom. The standard InChI is InChI=1S/C20H14N6O9S.Ag/c1-30-15-21-17-25-19(23-15)34-12-7-13(9-14(8-12)36(27,28)29)35-20-24-16(31-2)22-18(26-20)33-11-5-3-4-10(6-11)32-17;/h3-9H,1-2H3,(H,27,28,29);/q;+1/p-1. The molecule has 3 heterocycles. The van der Waals surface area contributed by atoms with Crippen LogP contribution in [0.2, 0.25) is 0 Å². The van der Waals surface area contributed by atoms with Crippen molar-refractivity contribution >= 4 is 10.1 Å². The van der Waals surface area contributed by atoms with Crippen LogP contribution in [0.3, 0.4) is 0 Å². The number of benzene rings is 2. The third-order valence-corrected chi connectivity index (χ3v) is 5.11. The molecule has 0 unspecified atom stereocenters. The maximum Gasteiger partial charge on any atom is 1.00 e. The quantitative estimate of drug-likeness (QED) is 0.211. The largest absolute Gasteiger partial charge is 1.00 e. The molecule has 0 amide bonds. The second-order valence-electron chi connectivity index (χ2n) is 6.75. The first-order valence-electron chi connectivity index (χ1n) is 9.80. The van der Waals surface area contributed by atoms with Crippen molar-refractivity contribution in [2.75, 3.05) is 14.2 Å². The number of fused-ring (bicyclic) bond motifs is 8. The van der Waals surface area contributed by atoms with Crippen LogP contribution >= 0.6 is 0 Å². The van der Waals surface area contributed by atoms with E-state index in [-0.39, 0.29) is 81.4 Å². The van der Waals surface area contributed by atoms with Crippen molar-refractivity contribution in [1.82, 2.24) is 29.9 Å². The molecular formula is C20H13AgN6O9S. The smallest absolute Gasteiger partial charge is 0.744 e. The number of hydrogen-bond acceptors (Lipinski definition) is 15. The average Bonchev–Trinajstić information content (AvgIpc) is 2.82. The van der Waals surface area contributed by atoms with E-state index in [1.165, 1.54) is 26.4 Å². The van der Waals surface area contributed by atoms with Crippen molar-refractivity contribution in [3.05, 3.63) is 42.5 Å². The molecule has 0 saturated carbocycles. The summed E-state index contributed by atoms with van der Waals surface area (Å²) in [6, 6.07) is 8.11. The average molecular weight is 621 g/mol. The number of hydrogen-bond donors (Lipinski definition) is 0. The zero-order chi connectivity index (χ0) is 25.3. The van der Waals surface area contributed by atoms with Crippen LogP contribution in [0.5, 0.6) is 59.1 Å². The minimum Gasteiger partial charge on any atom is -0.744 e. The Kier molecular flexibility index (Phi) is 7.37. The van der Waals surface area contributed by atoms with Gasteiger partial charge in [-0.2, -0.15) is 0 Å². The summed E-state index contributed by atoms with van der Waals surface area (Å²) in [5, 5.41) is 0. The summed E-state index contributed by atoms with van der Waals surface area (Å²) in [4.78, 5) is 23.3. The summed E-state index contributed by atoms with van der Waals surface area (Å²) in [6.45, 7) is 0. The van der Waals surface area contributed by atoms with Gasteiger partial charge in [0.1, 0.15) is 33.1 Å². The molecule has 4 aromatic rings. The number of methoxy groups -OCH3 is 2. The van der Waals surface area contributed by atoms with Crippen LogP contribution in [0.4, 0.5) is 0 Å². The molecule has 194 valence electrons. The number of ether oxygens (including phenoxy) is 6. The van der Waals surface area contributed by atoms with Crippen molar-refractivity contribution < 1.29 is 63.8 Å². The Morgan fingerprint density at radius 2 is 1.03 bits per heavy atom. The fourth-order valence-corrected chi connectivity index (χ4v) is 3.36. The van der Waals surface area contributed by atoms with Gasteiger partial charge in [0.05, 0.1) is 19.1 Å². The van der Waals surface area contributed by atoms with Crippen molar-refractivity contribution in [2.45, 2.75) is 4.90 Å². The van der Waals surface area contributed by atoms with Gasteiger partial charge in [0, 0.05) is 12.1 Å². The SMILES string of the molecule is COc1nc2nc(n1)Oc1cc(cc(S(=O)(=O)[O-])c1)Oc1nc(OC)nc(n1)Oc1cccc(c1)O2.[Ag+]. The van der Waals surface area contributed by atoms with E-state index in [1.807, 2.05) is 0 Å². The third-order valence-electron chi connectivity index (χ3n) is 4.30. The van der Waals surface area contributed by atoms with E-state index in [4.69, 9.17) is 28.4 Å². The van der Waals surface area contributed by atoms with Gasteiger partial charge in [-0.15, -0.1) is 29.9 Å². The normalized spacial score (nSPS) is 12.0. The van der Waals surface area contributed by atoms with Crippen LogP contribution in [0.1, 0.15) is 0 Å². The number of nitrogens with zero attached hydrogens (tertiary/aromatic N) is 6. The Labute approximate surface area is 224 Å². The summed E-state index contributed by atoms with van der Waals surface area (Å²) in [7, 11) is -2.30. The molecule has 5 rings (SSSR count). The van der Waals surface area contributed by atoms with Crippen LogP contribution in [0, 0.1) is 0 Å². The first kappa shape index (κ1) is 26.0. The fraction of sp³-hybridized carbons (Fsp3) is 0.100. The van der Waals surface area contributed by atoms with Crippen molar-refractivity contribution in [2.24, 2.45) is 0 Å². The second kappa shape index (κ2) is 10.5. The van der Waals surface area contributed by atoms with Crippen molar-refractivity contribution in [1.29, 1.82) is 0 Å². The zero-order valence-corrected chi connectivity index (χ0v) is 20.9. The minimum absolute atomic E-state index is 0. The molecule has 37 heavy (non-hydrogen) atoms. The molecule has 0 aliphatic carbocycles. The van der Waals surface area contributed by atoms with Gasteiger partial charge in [0.2, 0.25) is 0 Å². The van der Waals surface area contributed by atoms with E-state index in [0.717, 1.165) is 12.1 Å². The van der Waals surface area contributed by atoms with E-state index in [2.05, 4.69) is 29.9 Å². The van der Waals surface area contributed by atoms with E-state index >= 15 is 0 Å². The van der Waals surface area contributed by atoms with Gasteiger partial charge in [-0.05, 0) is 24.3 Å². The number of rotatable bonds is 3. The predicted molar refractivity (Wildman–Crippen MR) is 114 cm³/mol. The molecule has 2 aromatic heterocycles. The van der Waals surface area contributed by atoms with Gasteiger partial charge in [0.15, 0.2) is 0 Å². The van der Waals surface area contributed by atoms with Gasteiger partial charge in [-0.3, -0.25) is 0 Å². The molecule has 0 fully saturated rings. The Morgan fingerprint density at radius 1 is 0.649 bits per heavy atom. The molecule has 0 saturated heterocycles. The molecule has 1 aliphatic heterocycles. The summed E-state index contributed by atoms with van der Waals surface area (Å²) in [5.41, 5.74) is 0. The maximum atomic E-state index is 11.8. The maximum absolute atomic E-state index is 11.8. The summed E-state index contributed by atoms with van der Waals surface area (Å²) in [6.07, 6.45) is 0. The van der Waals surface area contributed by atoms with Gasteiger partial charge >= 0.3 is 58.4 Å². The summed E-state index contributed by atoms with van der Waals surface area (Å²) >= 11 is 0. The molecule has 0 spiro atoms. The number of aromatic nitrogens is 6. The first-order valence-corrected chi connectivity index (χ1v) is 11.2. The monoisotopic (exact) mass is 620 g/mol. The van der Waals surface area contributed by atoms with E-state index in [9.17, 15) is 13.0 Å². The van der Waals surface area contributed by atoms with Crippen molar-refractivity contribution in [3.63, 3.8) is 0 Å². The summed E-state index contributed by atoms with van der Waals surface area (Å²) in [5.74, 6) is 0.177. The Balaban J connectivity index is 0.00000320. The molecule has 17 heteroatoms. The molecule has 0 N–H and O–H groups in total. The van der Waals surface area contributed by atoms with Crippen LogP contribution in [0.15, 0.2) is 47.4 Å². The van der Waals surface area contributed by atoms with Gasteiger partial charge < -0.3 is 33.0 Å². The summed E-state index contributed by atoms with van der Waals surface area (Å²) < 4.78 is 67.9. The topological polar surface area (TPSA) is 190 Å². The molecular weight excluding hydrogens is 608 g/mol. The van der Waals surface area contributed by atoms with E-state index < -0.39 is 15.0 Å². The van der Waals surface area contributed by atoms with Crippen LogP contribution in [-0.2, 0) is 32.5 Å². The molecule has 0 radical (unpaired) electrons. The first-order chi connectivity index (χ1) is 17.3. The zero-order valence-electron chi connectivity index (χ0n) is 18.6. The van der Waals surface area contributed by atoms with Gasteiger partial charge in [-0.25, -0.2) is 8.42 Å². The van der Waals surface area contributed by atoms with Crippen LogP contribution in [0.25, 0.3) is 0 Å². The van der Waals surface area contributed by atoms with Crippen LogP contribution in [-0.4, -0.2) is 57.1 Å². The molecule has 8 bridgehead atoms. The van der Waals surface area contributed by atoms with Gasteiger partial charge in [-0.1, -0.05) is 6.07 Å². The van der Waals surface area contributed by atoms with E-state index in [1.54, 1.807) is 18.2 Å². The Bertz CT molecular complexity index is 1480. The second-order valence-corrected chi connectivity index (χ2v) is 8.13. The van der Waals surface area contributed by atoms with Crippen molar-refractivity contribution in [3.8, 4) is 59.1 Å². The van der Waals surface area contributed by atoms with Gasteiger partial charge in [0.25, 0.3) is 0 Å². The van der Waals surface area contributed by atoms with Crippen LogP contribution < -0.4 is 28.4 Å². The van der Waals surface area contributed by atoms with E-state index in [0.29, 0.717) is 0 Å². The molecule has 15 nitrogen and oxygen atoms in total. The molecule has 1 aliphatic rings.